The summed E-state index contributed by atoms with van der Waals surface area (Å²) in [5.41, 5.74) is 0. The lowest BCUT2D eigenvalue weighted by Crippen LogP contribution is -2.40. The molecule has 2 N–H and O–H groups in total. The lowest BCUT2D eigenvalue weighted by molar-refractivity contribution is -0.121. The van der Waals surface area contributed by atoms with Gasteiger partial charge in [-0.1, -0.05) is 29.0 Å². The molecule has 23 heavy (non-hydrogen) atoms. The maximum atomic E-state index is 12.0. The molecule has 0 amide bonds. The quantitative estimate of drug-likeness (QED) is 0.576. The minimum Gasteiger partial charge on any atom is -0.320 e. The van der Waals surface area contributed by atoms with Gasteiger partial charge in [-0.25, -0.2) is 0 Å². The Morgan fingerprint density at radius 3 is 2.74 bits per heavy atom. The highest BCUT2D eigenvalue weighted by Crippen LogP contribution is 2.30. The number of ketones is 3. The highest BCUT2D eigenvalue weighted by atomic mass is 33.1. The zero-order chi connectivity index (χ0) is 16.4. The zero-order valence-electron chi connectivity index (χ0n) is 13.4. The SMILES string of the molecule is C.CNCC[C@H](NCC(=O)CC[C@@H]1CCSSCC1=O)C(C)=O. The van der Waals surface area contributed by atoms with Crippen LogP contribution in [0.25, 0.3) is 0 Å². The van der Waals surface area contributed by atoms with Crippen LogP contribution in [0.4, 0.5) is 0 Å². The fourth-order valence-corrected chi connectivity index (χ4v) is 4.51. The standard InChI is InChI=1S/C15H26N2O3S2.CH4/c1-11(18)14(5-7-16-2)17-9-13(19)4-3-12-6-8-21-22-10-15(12)20;/h12,14,16-17H,3-10H2,1-2H3;1H4/t12-,14+;/m1./s1. The van der Waals surface area contributed by atoms with Gasteiger partial charge >= 0.3 is 0 Å². The number of rotatable bonds is 10. The second-order valence-electron chi connectivity index (χ2n) is 5.55. The van der Waals surface area contributed by atoms with Gasteiger partial charge in [0.15, 0.2) is 0 Å². The second-order valence-corrected chi connectivity index (χ2v) is 8.13. The van der Waals surface area contributed by atoms with Crippen LogP contribution in [-0.4, -0.2) is 55.0 Å². The Kier molecular flexibility index (Phi) is 12.8. The van der Waals surface area contributed by atoms with Gasteiger partial charge in [0.25, 0.3) is 0 Å². The van der Waals surface area contributed by atoms with Crippen LogP contribution in [-0.2, 0) is 14.4 Å². The van der Waals surface area contributed by atoms with Crippen LogP contribution in [0.15, 0.2) is 0 Å². The molecule has 1 saturated heterocycles. The molecule has 0 unspecified atom stereocenters. The Hall–Kier alpha value is -0.370. The average molecular weight is 363 g/mol. The summed E-state index contributed by atoms with van der Waals surface area (Å²) in [6, 6.07) is -0.274. The van der Waals surface area contributed by atoms with Crippen LogP contribution < -0.4 is 10.6 Å². The van der Waals surface area contributed by atoms with Gasteiger partial charge in [-0.3, -0.25) is 14.4 Å². The number of hydrogen-bond donors (Lipinski definition) is 2. The van der Waals surface area contributed by atoms with E-state index in [2.05, 4.69) is 10.6 Å². The molecule has 0 saturated carbocycles. The molecule has 0 aliphatic carbocycles. The van der Waals surface area contributed by atoms with E-state index in [0.717, 1.165) is 18.7 Å². The molecule has 2 atom stereocenters. The molecule has 1 fully saturated rings. The first-order valence-electron chi connectivity index (χ1n) is 7.71. The summed E-state index contributed by atoms with van der Waals surface area (Å²) in [4.78, 5) is 35.4. The van der Waals surface area contributed by atoms with E-state index in [-0.39, 0.29) is 43.3 Å². The second kappa shape index (κ2) is 13.0. The van der Waals surface area contributed by atoms with E-state index in [9.17, 15) is 14.4 Å². The first kappa shape index (κ1) is 22.6. The van der Waals surface area contributed by atoms with Crippen LogP contribution in [0.1, 0.15) is 40.0 Å². The molecule has 0 aromatic carbocycles. The summed E-state index contributed by atoms with van der Waals surface area (Å²) >= 11 is 0. The smallest absolute Gasteiger partial charge is 0.146 e. The van der Waals surface area contributed by atoms with Gasteiger partial charge in [-0.05, 0) is 39.8 Å². The largest absolute Gasteiger partial charge is 0.320 e. The summed E-state index contributed by atoms with van der Waals surface area (Å²) in [5, 5.41) is 6.03. The van der Waals surface area contributed by atoms with E-state index in [0.29, 0.717) is 25.0 Å². The van der Waals surface area contributed by atoms with Crippen molar-refractivity contribution in [2.45, 2.75) is 46.1 Å². The lowest BCUT2D eigenvalue weighted by Gasteiger charge is -2.16. The molecular weight excluding hydrogens is 332 g/mol. The molecule has 1 rings (SSSR count). The number of nitrogens with one attached hydrogen (secondary N) is 2. The van der Waals surface area contributed by atoms with Gasteiger partial charge in [-0.15, -0.1) is 0 Å². The molecule has 0 spiro atoms. The number of carbonyl (C=O) groups excluding carboxylic acids is 3. The number of hydrogen-bond acceptors (Lipinski definition) is 7. The molecule has 5 nitrogen and oxygen atoms in total. The molecule has 0 bridgehead atoms. The predicted molar refractivity (Wildman–Crippen MR) is 100 cm³/mol. The van der Waals surface area contributed by atoms with Gasteiger partial charge in [0.05, 0.1) is 18.3 Å². The summed E-state index contributed by atoms with van der Waals surface area (Å²) in [5.74, 6) is 1.96. The fraction of sp³-hybridized carbons (Fsp3) is 0.812. The normalized spacial score (nSPS) is 19.6. The van der Waals surface area contributed by atoms with Gasteiger partial charge < -0.3 is 10.6 Å². The highest BCUT2D eigenvalue weighted by molar-refractivity contribution is 8.76. The highest BCUT2D eigenvalue weighted by Gasteiger charge is 2.22. The van der Waals surface area contributed by atoms with Crippen LogP contribution in [0.3, 0.4) is 0 Å². The molecule has 0 radical (unpaired) electrons. The van der Waals surface area contributed by atoms with E-state index in [1.807, 2.05) is 7.05 Å². The fourth-order valence-electron chi connectivity index (χ4n) is 2.33. The van der Waals surface area contributed by atoms with Crippen LogP contribution >= 0.6 is 21.6 Å². The van der Waals surface area contributed by atoms with Gasteiger partial charge in [0.2, 0.25) is 0 Å². The topological polar surface area (TPSA) is 75.3 Å². The van der Waals surface area contributed by atoms with Gasteiger partial charge in [0, 0.05) is 18.1 Å². The molecule has 1 aliphatic heterocycles. The van der Waals surface area contributed by atoms with Crippen molar-refractivity contribution in [1.29, 1.82) is 0 Å². The number of Topliss-reactive ketones (excluding diaryl/α,β-unsaturated/α-hetero) is 3. The van der Waals surface area contributed by atoms with E-state index in [1.54, 1.807) is 21.6 Å². The first-order valence-corrected chi connectivity index (χ1v) is 10.2. The average Bonchev–Trinajstić information content (AvgIpc) is 2.69. The Labute approximate surface area is 147 Å². The van der Waals surface area contributed by atoms with Crippen LogP contribution in [0.2, 0.25) is 0 Å². The monoisotopic (exact) mass is 362 g/mol. The van der Waals surface area contributed by atoms with Gasteiger partial charge in [-0.2, -0.15) is 0 Å². The molecule has 0 aromatic heterocycles. The van der Waals surface area contributed by atoms with Crippen molar-refractivity contribution in [2.24, 2.45) is 5.92 Å². The lowest BCUT2D eigenvalue weighted by atomic mass is 9.95. The summed E-state index contributed by atoms with van der Waals surface area (Å²) in [6.45, 7) is 2.48. The predicted octanol–water partition coefficient (Wildman–Crippen LogP) is 2.10. The van der Waals surface area contributed by atoms with E-state index in [4.69, 9.17) is 0 Å². The minimum absolute atomic E-state index is 0. The maximum Gasteiger partial charge on any atom is 0.146 e. The third-order valence-corrected chi connectivity index (χ3v) is 6.11. The molecule has 0 aromatic rings. The van der Waals surface area contributed by atoms with Crippen molar-refractivity contribution in [1.82, 2.24) is 10.6 Å². The van der Waals surface area contributed by atoms with E-state index in [1.165, 1.54) is 6.92 Å². The van der Waals surface area contributed by atoms with Crippen LogP contribution in [0, 0.1) is 5.92 Å². The Bertz CT molecular complexity index is 392. The molecule has 1 aliphatic rings. The maximum absolute atomic E-state index is 12.0. The van der Waals surface area contributed by atoms with Crippen molar-refractivity contribution in [3.63, 3.8) is 0 Å². The summed E-state index contributed by atoms with van der Waals surface area (Å²) in [7, 11) is 5.19. The van der Waals surface area contributed by atoms with Crippen molar-refractivity contribution in [2.75, 3.05) is 31.6 Å². The van der Waals surface area contributed by atoms with Crippen molar-refractivity contribution in [3.05, 3.63) is 0 Å². The Balaban J connectivity index is 0.00000484. The Morgan fingerprint density at radius 1 is 1.35 bits per heavy atom. The van der Waals surface area contributed by atoms with Crippen molar-refractivity contribution < 1.29 is 14.4 Å². The third kappa shape index (κ3) is 9.49. The Morgan fingerprint density at radius 2 is 2.09 bits per heavy atom. The van der Waals surface area contributed by atoms with Crippen LogP contribution in [0.5, 0.6) is 0 Å². The molecule has 1 heterocycles. The molecule has 134 valence electrons. The molecular formula is C16H30N2O3S2. The van der Waals surface area contributed by atoms with E-state index >= 15 is 0 Å². The molecule has 7 heteroatoms. The van der Waals surface area contributed by atoms with Crippen molar-refractivity contribution >= 4 is 38.9 Å². The van der Waals surface area contributed by atoms with E-state index < -0.39 is 0 Å². The number of carbonyl (C=O) groups is 3. The summed E-state index contributed by atoms with van der Waals surface area (Å²) in [6.07, 6.45) is 2.60. The van der Waals surface area contributed by atoms with Gasteiger partial charge in [0.1, 0.15) is 17.3 Å². The van der Waals surface area contributed by atoms with Crippen molar-refractivity contribution in [3.8, 4) is 0 Å². The first-order chi connectivity index (χ1) is 10.5. The third-order valence-electron chi connectivity index (χ3n) is 3.78. The summed E-state index contributed by atoms with van der Waals surface area (Å²) < 4.78 is 0. The minimum atomic E-state index is -0.274. The zero-order valence-corrected chi connectivity index (χ0v) is 15.0.